The van der Waals surface area contributed by atoms with E-state index in [-0.39, 0.29) is 0 Å². The van der Waals surface area contributed by atoms with Gasteiger partial charge in [-0.15, -0.1) is 0 Å². The smallest absolute Gasteiger partial charge is 0.274 e. The summed E-state index contributed by atoms with van der Waals surface area (Å²) in [5.41, 5.74) is 0. The van der Waals surface area contributed by atoms with Crippen molar-refractivity contribution in [1.29, 1.82) is 0 Å². The molecule has 1 N–H and O–H groups in total. The summed E-state index contributed by atoms with van der Waals surface area (Å²) in [5.74, 6) is -0.944. The Bertz CT molecular complexity index is 209. The Morgan fingerprint density at radius 3 is 1.86 bits per heavy atom. The summed E-state index contributed by atoms with van der Waals surface area (Å²) in [5, 5.41) is 2.09. The first-order valence-electron chi connectivity index (χ1n) is 3.06. The second kappa shape index (κ2) is 5.48. The Morgan fingerprint density at radius 2 is 1.64 bits per heavy atom. The highest BCUT2D eigenvalue weighted by atomic mass is 35.6. The second-order valence-corrected chi connectivity index (χ2v) is 6.78. The van der Waals surface area contributed by atoms with Gasteiger partial charge in [0.2, 0.25) is 3.79 Å². The number of methoxy groups -OCH3 is 1. The fraction of sp³-hybridized carbons (Fsp3) is 0.800. The van der Waals surface area contributed by atoms with E-state index >= 15 is 0 Å². The van der Waals surface area contributed by atoms with Gasteiger partial charge in [-0.3, -0.25) is 4.79 Å². The zero-order valence-corrected chi connectivity index (χ0v) is 11.2. The van der Waals surface area contributed by atoms with Crippen LogP contribution in [0, 0.1) is 0 Å². The molecule has 0 aromatic rings. The van der Waals surface area contributed by atoms with Gasteiger partial charge in [-0.1, -0.05) is 69.6 Å². The summed E-state index contributed by atoms with van der Waals surface area (Å²) < 4.78 is 0.698. The van der Waals surface area contributed by atoms with E-state index in [2.05, 4.69) is 10.1 Å². The summed E-state index contributed by atoms with van der Waals surface area (Å²) in [6, 6.07) is 0. The van der Waals surface area contributed by atoms with E-state index in [0.29, 0.717) is 0 Å². The molecule has 0 aromatic heterocycles. The fourth-order valence-corrected chi connectivity index (χ4v) is 1.07. The summed E-state index contributed by atoms with van der Waals surface area (Å²) in [6.07, 6.45) is -1.20. The van der Waals surface area contributed by atoms with Crippen molar-refractivity contribution in [3.8, 4) is 0 Å². The molecule has 0 spiro atoms. The van der Waals surface area contributed by atoms with E-state index in [1.165, 1.54) is 7.11 Å². The molecule has 0 aliphatic rings. The van der Waals surface area contributed by atoms with E-state index in [9.17, 15) is 4.79 Å². The van der Waals surface area contributed by atoms with Gasteiger partial charge in [0.05, 0.1) is 0 Å². The van der Waals surface area contributed by atoms with E-state index in [1.54, 1.807) is 0 Å². The lowest BCUT2D eigenvalue weighted by molar-refractivity contribution is -0.123. The molecular weight excluding hydrogens is 319 g/mol. The van der Waals surface area contributed by atoms with Crippen LogP contribution in [0.5, 0.6) is 0 Å². The molecule has 9 heteroatoms. The van der Waals surface area contributed by atoms with E-state index in [4.69, 9.17) is 69.6 Å². The van der Waals surface area contributed by atoms with E-state index in [1.807, 2.05) is 0 Å². The number of hydrogen-bond acceptors (Lipinski definition) is 2. The van der Waals surface area contributed by atoms with Gasteiger partial charge in [0.1, 0.15) is 0 Å². The molecule has 1 amide bonds. The van der Waals surface area contributed by atoms with Crippen LogP contribution in [0.3, 0.4) is 0 Å². The van der Waals surface area contributed by atoms with Crippen LogP contribution >= 0.6 is 69.6 Å². The lowest BCUT2D eigenvalue weighted by Gasteiger charge is -2.25. The molecule has 14 heavy (non-hydrogen) atoms. The average Bonchev–Trinajstić information content (AvgIpc) is 1.95. The Kier molecular flexibility index (Phi) is 5.94. The Hall–Kier alpha value is 1.17. The lowest BCUT2D eigenvalue weighted by Crippen LogP contribution is -2.48. The molecule has 0 bridgehead atoms. The van der Waals surface area contributed by atoms with Gasteiger partial charge < -0.3 is 10.1 Å². The lowest BCUT2D eigenvalue weighted by atomic mass is 10.5. The maximum Gasteiger partial charge on any atom is 0.274 e. The van der Waals surface area contributed by atoms with Gasteiger partial charge >= 0.3 is 0 Å². The molecule has 3 nitrogen and oxygen atoms in total. The van der Waals surface area contributed by atoms with E-state index in [0.717, 1.165) is 0 Å². The minimum absolute atomic E-state index is 0.944. The Labute approximate surface area is 111 Å². The van der Waals surface area contributed by atoms with E-state index < -0.39 is 19.7 Å². The number of rotatable bonds is 2. The van der Waals surface area contributed by atoms with Crippen molar-refractivity contribution in [3.05, 3.63) is 0 Å². The van der Waals surface area contributed by atoms with Crippen LogP contribution in [0.15, 0.2) is 0 Å². The number of hydrogen-bond donors (Lipinski definition) is 1. The number of halogens is 6. The predicted molar refractivity (Wildman–Crippen MR) is 59.5 cm³/mol. The third-order valence-corrected chi connectivity index (χ3v) is 2.16. The van der Waals surface area contributed by atoms with Crippen LogP contribution in [0.2, 0.25) is 0 Å². The highest BCUT2D eigenvalue weighted by molar-refractivity contribution is 6.76. The molecule has 0 saturated heterocycles. The van der Waals surface area contributed by atoms with Crippen LogP contribution in [0.4, 0.5) is 0 Å². The second-order valence-electron chi connectivity index (χ2n) is 2.13. The maximum absolute atomic E-state index is 11.1. The first kappa shape index (κ1) is 15.2. The minimum atomic E-state index is -2.13. The fourth-order valence-electron chi connectivity index (χ4n) is 0.475. The quantitative estimate of drug-likeness (QED) is 0.627. The highest BCUT2D eigenvalue weighted by Gasteiger charge is 2.39. The normalized spacial score (nSPS) is 15.1. The van der Waals surface area contributed by atoms with Crippen LogP contribution < -0.4 is 5.32 Å². The number of nitrogens with one attached hydrogen (secondary N) is 1. The number of alkyl halides is 6. The molecular formula is C5H5Cl6NO2. The van der Waals surface area contributed by atoms with Gasteiger partial charge in [0.15, 0.2) is 6.23 Å². The van der Waals surface area contributed by atoms with Crippen molar-refractivity contribution >= 4 is 75.5 Å². The molecule has 0 radical (unpaired) electrons. The van der Waals surface area contributed by atoms with Gasteiger partial charge in [-0.25, -0.2) is 0 Å². The third-order valence-electron chi connectivity index (χ3n) is 1.05. The molecule has 0 fully saturated rings. The van der Waals surface area contributed by atoms with Gasteiger partial charge in [-0.2, -0.15) is 0 Å². The molecule has 0 saturated carbocycles. The largest absolute Gasteiger partial charge is 0.357 e. The van der Waals surface area contributed by atoms with Crippen LogP contribution in [-0.2, 0) is 9.53 Å². The van der Waals surface area contributed by atoms with Crippen LogP contribution in [0.25, 0.3) is 0 Å². The first-order chi connectivity index (χ1) is 6.09. The number of carbonyl (C=O) groups excluding carboxylic acids is 1. The maximum atomic E-state index is 11.1. The number of amides is 1. The average molecular weight is 324 g/mol. The summed E-state index contributed by atoms with van der Waals surface area (Å²) in [4.78, 5) is 11.1. The number of carbonyl (C=O) groups is 1. The van der Waals surface area contributed by atoms with Crippen molar-refractivity contribution in [2.75, 3.05) is 7.11 Å². The molecule has 84 valence electrons. The van der Waals surface area contributed by atoms with Gasteiger partial charge in [0, 0.05) is 7.11 Å². The molecule has 0 aliphatic carbocycles. The monoisotopic (exact) mass is 321 g/mol. The Balaban J connectivity index is 4.43. The molecule has 0 rings (SSSR count). The SMILES string of the molecule is CO[C@@H](NC(=O)C(Cl)(Cl)Cl)C(Cl)(Cl)Cl. The summed E-state index contributed by atoms with van der Waals surface area (Å²) >= 11 is 32.2. The van der Waals surface area contributed by atoms with Crippen LogP contribution in [-0.4, -0.2) is 26.8 Å². The van der Waals surface area contributed by atoms with Crippen molar-refractivity contribution in [1.82, 2.24) is 5.32 Å². The van der Waals surface area contributed by atoms with Crippen molar-refractivity contribution in [2.45, 2.75) is 13.8 Å². The zero-order valence-electron chi connectivity index (χ0n) is 6.66. The topological polar surface area (TPSA) is 38.3 Å². The summed E-state index contributed by atoms with van der Waals surface area (Å²) in [7, 11) is 1.23. The number of ether oxygens (including phenoxy) is 1. The zero-order chi connectivity index (χ0) is 11.6. The molecule has 0 unspecified atom stereocenters. The first-order valence-corrected chi connectivity index (χ1v) is 5.33. The standard InChI is InChI=1S/C5H5Cl6NO2/c1-14-3(5(9,10)11)12-2(13)4(6,7)8/h3H,1H3,(H,12,13)/t3-/m1/s1. The molecule has 0 aromatic carbocycles. The third kappa shape index (κ3) is 5.31. The van der Waals surface area contributed by atoms with Gasteiger partial charge in [-0.05, 0) is 0 Å². The molecule has 0 aliphatic heterocycles. The Morgan fingerprint density at radius 1 is 1.21 bits per heavy atom. The highest BCUT2D eigenvalue weighted by Crippen LogP contribution is 2.32. The van der Waals surface area contributed by atoms with Crippen LogP contribution in [0.1, 0.15) is 0 Å². The molecule has 1 atom stereocenters. The molecule has 0 heterocycles. The van der Waals surface area contributed by atoms with Crippen molar-refractivity contribution < 1.29 is 9.53 Å². The summed E-state index contributed by atoms with van der Waals surface area (Å²) in [6.45, 7) is 0. The van der Waals surface area contributed by atoms with Crippen molar-refractivity contribution in [3.63, 3.8) is 0 Å². The predicted octanol–water partition coefficient (Wildman–Crippen LogP) is 2.82. The van der Waals surface area contributed by atoms with Gasteiger partial charge in [0.25, 0.3) is 9.70 Å². The van der Waals surface area contributed by atoms with Crippen molar-refractivity contribution in [2.24, 2.45) is 0 Å². The minimum Gasteiger partial charge on any atom is -0.357 e.